The van der Waals surface area contributed by atoms with Crippen molar-refractivity contribution in [2.24, 2.45) is 0 Å². The predicted molar refractivity (Wildman–Crippen MR) is 53.5 cm³/mol. The van der Waals surface area contributed by atoms with E-state index in [1.807, 2.05) is 0 Å². The van der Waals surface area contributed by atoms with Gasteiger partial charge in [0.15, 0.2) is 0 Å². The van der Waals surface area contributed by atoms with Crippen LogP contribution in [0.1, 0.15) is 15.9 Å². The van der Waals surface area contributed by atoms with Gasteiger partial charge in [-0.15, -0.1) is 0 Å². The molecule has 1 fully saturated rings. The maximum atomic E-state index is 10.9. The third-order valence-electron chi connectivity index (χ3n) is 2.38. The molecule has 1 N–H and O–H groups in total. The Morgan fingerprint density at radius 3 is 2.81 bits per heavy atom. The summed E-state index contributed by atoms with van der Waals surface area (Å²) in [6.45, 7) is 0.585. The quantitative estimate of drug-likeness (QED) is 0.470. The van der Waals surface area contributed by atoms with Crippen LogP contribution in [0.2, 0.25) is 0 Å². The summed E-state index contributed by atoms with van der Waals surface area (Å²) in [5, 5.41) is 19.5. The molecule has 84 valence electrons. The number of epoxide rings is 1. The maximum absolute atomic E-state index is 10.9. The number of benzene rings is 1. The van der Waals surface area contributed by atoms with Crippen LogP contribution in [0.5, 0.6) is 0 Å². The van der Waals surface area contributed by atoms with Crippen molar-refractivity contribution >= 4 is 11.7 Å². The number of hydrogen-bond donors (Lipinski definition) is 1. The average Bonchev–Trinajstić information content (AvgIpc) is 3.01. The molecule has 6 nitrogen and oxygen atoms in total. The van der Waals surface area contributed by atoms with Gasteiger partial charge in [0.05, 0.1) is 23.2 Å². The number of nitro benzene ring substituents is 1. The van der Waals surface area contributed by atoms with Crippen molar-refractivity contribution in [3.05, 3.63) is 39.4 Å². The molecule has 1 heterocycles. The molecular formula is C10H9NO5. The smallest absolute Gasteiger partial charge is 0.335 e. The topological polar surface area (TPSA) is 93.0 Å². The van der Waals surface area contributed by atoms with E-state index in [0.717, 1.165) is 0 Å². The highest BCUT2D eigenvalue weighted by atomic mass is 16.6. The number of hydrogen-bond acceptors (Lipinski definition) is 4. The lowest BCUT2D eigenvalue weighted by molar-refractivity contribution is -0.384. The normalized spacial score (nSPS) is 18.1. The van der Waals surface area contributed by atoms with E-state index in [0.29, 0.717) is 18.6 Å². The van der Waals surface area contributed by atoms with Crippen LogP contribution in [0, 0.1) is 10.1 Å². The van der Waals surface area contributed by atoms with Gasteiger partial charge in [-0.2, -0.15) is 0 Å². The van der Waals surface area contributed by atoms with Crippen LogP contribution in [0.4, 0.5) is 5.69 Å². The molecule has 1 atom stereocenters. The molecule has 0 saturated carbocycles. The Morgan fingerprint density at radius 1 is 1.62 bits per heavy atom. The first-order chi connectivity index (χ1) is 7.58. The van der Waals surface area contributed by atoms with Gasteiger partial charge in [0.25, 0.3) is 5.69 Å². The van der Waals surface area contributed by atoms with Gasteiger partial charge in [0, 0.05) is 18.6 Å². The van der Waals surface area contributed by atoms with Crippen LogP contribution in [-0.2, 0) is 11.2 Å². The lowest BCUT2D eigenvalue weighted by Gasteiger charge is -2.03. The molecule has 0 aromatic heterocycles. The minimum absolute atomic E-state index is 0.0000964. The van der Waals surface area contributed by atoms with E-state index in [1.165, 1.54) is 18.2 Å². The monoisotopic (exact) mass is 223 g/mol. The molecular weight excluding hydrogens is 214 g/mol. The summed E-state index contributed by atoms with van der Waals surface area (Å²) >= 11 is 0. The molecule has 2 rings (SSSR count). The van der Waals surface area contributed by atoms with Crippen molar-refractivity contribution in [3.63, 3.8) is 0 Å². The minimum Gasteiger partial charge on any atom is -0.478 e. The standard InChI is InChI=1S/C10H9NO5/c12-10(13)9-2-1-7(11(14)15)3-6(9)4-8-5-16-8/h1-3,8H,4-5H2,(H,12,13). The van der Waals surface area contributed by atoms with Crippen molar-refractivity contribution < 1.29 is 19.6 Å². The molecule has 0 amide bonds. The maximum Gasteiger partial charge on any atom is 0.335 e. The molecule has 1 aliphatic rings. The summed E-state index contributed by atoms with van der Waals surface area (Å²) in [6.07, 6.45) is 0.406. The van der Waals surface area contributed by atoms with E-state index < -0.39 is 10.9 Å². The Kier molecular flexibility index (Phi) is 2.57. The van der Waals surface area contributed by atoms with Gasteiger partial charge in [0.2, 0.25) is 0 Å². The lowest BCUT2D eigenvalue weighted by Crippen LogP contribution is -2.06. The largest absolute Gasteiger partial charge is 0.478 e. The van der Waals surface area contributed by atoms with Crippen LogP contribution in [0.25, 0.3) is 0 Å². The second kappa shape index (κ2) is 3.90. The van der Waals surface area contributed by atoms with Gasteiger partial charge in [-0.05, 0) is 11.6 Å². The van der Waals surface area contributed by atoms with Crippen LogP contribution >= 0.6 is 0 Å². The van der Waals surface area contributed by atoms with Crippen LogP contribution < -0.4 is 0 Å². The predicted octanol–water partition coefficient (Wildman–Crippen LogP) is 1.23. The minimum atomic E-state index is -1.08. The van der Waals surface area contributed by atoms with Gasteiger partial charge in [-0.1, -0.05) is 0 Å². The van der Waals surface area contributed by atoms with Crippen molar-refractivity contribution in [2.45, 2.75) is 12.5 Å². The number of non-ortho nitro benzene ring substituents is 1. The Morgan fingerprint density at radius 2 is 2.31 bits per heavy atom. The number of aromatic carboxylic acids is 1. The van der Waals surface area contributed by atoms with Crippen molar-refractivity contribution in [1.82, 2.24) is 0 Å². The molecule has 0 bridgehead atoms. The number of carboxylic acids is 1. The molecule has 16 heavy (non-hydrogen) atoms. The highest BCUT2D eigenvalue weighted by Crippen LogP contribution is 2.23. The molecule has 0 radical (unpaired) electrons. The first kappa shape index (κ1) is 10.6. The average molecular weight is 223 g/mol. The summed E-state index contributed by atoms with van der Waals surface area (Å²) < 4.78 is 4.98. The fourth-order valence-corrected chi connectivity index (χ4v) is 1.50. The molecule has 1 aliphatic heterocycles. The highest BCUT2D eigenvalue weighted by molar-refractivity contribution is 5.89. The summed E-state index contributed by atoms with van der Waals surface area (Å²) in [5.74, 6) is -1.08. The van der Waals surface area contributed by atoms with E-state index in [2.05, 4.69) is 0 Å². The number of carboxylic acid groups (broad SMARTS) is 1. The zero-order valence-electron chi connectivity index (χ0n) is 8.25. The lowest BCUT2D eigenvalue weighted by atomic mass is 10.0. The summed E-state index contributed by atoms with van der Waals surface area (Å²) in [7, 11) is 0. The van der Waals surface area contributed by atoms with Crippen molar-refractivity contribution in [3.8, 4) is 0 Å². The van der Waals surface area contributed by atoms with Gasteiger partial charge < -0.3 is 9.84 Å². The first-order valence-electron chi connectivity index (χ1n) is 4.70. The van der Waals surface area contributed by atoms with E-state index in [-0.39, 0.29) is 17.4 Å². The second-order valence-corrected chi connectivity index (χ2v) is 3.56. The van der Waals surface area contributed by atoms with E-state index in [9.17, 15) is 14.9 Å². The molecule has 6 heteroatoms. The van der Waals surface area contributed by atoms with E-state index >= 15 is 0 Å². The molecule has 1 saturated heterocycles. The van der Waals surface area contributed by atoms with Crippen molar-refractivity contribution in [1.29, 1.82) is 0 Å². The number of nitro groups is 1. The third-order valence-corrected chi connectivity index (χ3v) is 2.38. The van der Waals surface area contributed by atoms with Gasteiger partial charge in [-0.3, -0.25) is 10.1 Å². The number of rotatable bonds is 4. The number of carbonyl (C=O) groups is 1. The fourth-order valence-electron chi connectivity index (χ4n) is 1.50. The van der Waals surface area contributed by atoms with Gasteiger partial charge in [0.1, 0.15) is 0 Å². The Labute approximate surface area is 90.6 Å². The highest BCUT2D eigenvalue weighted by Gasteiger charge is 2.26. The number of nitrogens with zero attached hydrogens (tertiary/aromatic N) is 1. The Hall–Kier alpha value is -1.95. The van der Waals surface area contributed by atoms with Gasteiger partial charge in [-0.25, -0.2) is 4.79 Å². The SMILES string of the molecule is O=C(O)c1ccc([N+](=O)[O-])cc1CC1CO1. The van der Waals surface area contributed by atoms with Crippen molar-refractivity contribution in [2.75, 3.05) is 6.61 Å². The van der Waals surface area contributed by atoms with Crippen LogP contribution in [0.15, 0.2) is 18.2 Å². The summed E-state index contributed by atoms with van der Waals surface area (Å²) in [4.78, 5) is 20.9. The van der Waals surface area contributed by atoms with Gasteiger partial charge >= 0.3 is 5.97 Å². The second-order valence-electron chi connectivity index (χ2n) is 3.56. The zero-order chi connectivity index (χ0) is 11.7. The molecule has 1 aromatic rings. The first-order valence-corrected chi connectivity index (χ1v) is 4.70. The Bertz CT molecular complexity index is 453. The van der Waals surface area contributed by atoms with Crippen LogP contribution in [-0.4, -0.2) is 28.7 Å². The van der Waals surface area contributed by atoms with Crippen LogP contribution in [0.3, 0.4) is 0 Å². The number of ether oxygens (including phenoxy) is 1. The summed E-state index contributed by atoms with van der Waals surface area (Å²) in [5.41, 5.74) is 0.450. The molecule has 0 spiro atoms. The zero-order valence-corrected chi connectivity index (χ0v) is 8.25. The van der Waals surface area contributed by atoms with E-state index in [4.69, 9.17) is 9.84 Å². The molecule has 1 aromatic carbocycles. The molecule has 1 unspecified atom stereocenters. The molecule has 0 aliphatic carbocycles. The Balaban J connectivity index is 2.37. The fraction of sp³-hybridized carbons (Fsp3) is 0.300. The van der Waals surface area contributed by atoms with E-state index in [1.54, 1.807) is 0 Å². The summed E-state index contributed by atoms with van der Waals surface area (Å²) in [6, 6.07) is 3.75. The third kappa shape index (κ3) is 2.17.